The highest BCUT2D eigenvalue weighted by atomic mass is 16.6. The summed E-state index contributed by atoms with van der Waals surface area (Å²) in [6, 6.07) is 21.8. The number of aromatic nitrogens is 2. The number of ketones is 3. The van der Waals surface area contributed by atoms with E-state index in [2.05, 4.69) is 0 Å². The van der Waals surface area contributed by atoms with E-state index in [9.17, 15) is 39.3 Å². The van der Waals surface area contributed by atoms with Gasteiger partial charge >= 0.3 is 5.69 Å². The Balaban J connectivity index is 1.84. The summed E-state index contributed by atoms with van der Waals surface area (Å²) in [4.78, 5) is 69.6. The molecule has 2 heterocycles. The molecule has 0 aliphatic carbocycles. The minimum Gasteiger partial charge on any atom is -0.379 e. The molecule has 0 bridgehead atoms. The zero-order valence-corrected chi connectivity index (χ0v) is 23.1. The van der Waals surface area contributed by atoms with E-state index in [0.717, 1.165) is 13.1 Å². The van der Waals surface area contributed by atoms with E-state index in [0.29, 0.717) is 4.57 Å². The number of ether oxygens (including phenoxy) is 1. The van der Waals surface area contributed by atoms with Gasteiger partial charge in [-0.25, -0.2) is 4.79 Å². The lowest BCUT2D eigenvalue weighted by Gasteiger charge is -2.41. The minimum absolute atomic E-state index is 0.0240. The molecule has 0 spiro atoms. The summed E-state index contributed by atoms with van der Waals surface area (Å²) in [6.45, 7) is 2.32. The van der Waals surface area contributed by atoms with Crippen LogP contribution in [-0.2, 0) is 4.74 Å². The Hall–Kier alpha value is -4.81. The molecule has 1 aliphatic heterocycles. The molecule has 5 atom stereocenters. The molecular formula is C32H28N2O9. The second-order valence-corrected chi connectivity index (χ2v) is 10.6. The van der Waals surface area contributed by atoms with Gasteiger partial charge in [-0.1, -0.05) is 91.0 Å². The molecule has 11 nitrogen and oxygen atoms in total. The normalized spacial score (nSPS) is 24.7. The first kappa shape index (κ1) is 29.7. The van der Waals surface area contributed by atoms with Gasteiger partial charge in [0, 0.05) is 28.5 Å². The Bertz CT molecular complexity index is 1820. The molecule has 0 amide bonds. The molecule has 0 saturated carbocycles. The number of benzene rings is 3. The predicted octanol–water partition coefficient (Wildman–Crippen LogP) is 1.60. The second kappa shape index (κ2) is 10.8. The Kier molecular flexibility index (Phi) is 7.45. The number of rotatable bonds is 8. The summed E-state index contributed by atoms with van der Waals surface area (Å²) in [5.41, 5.74) is -11.8. The van der Waals surface area contributed by atoms with Crippen molar-refractivity contribution in [2.75, 3.05) is 0 Å². The fourth-order valence-electron chi connectivity index (χ4n) is 5.48. The molecule has 4 N–H and O–H groups in total. The van der Waals surface area contributed by atoms with Gasteiger partial charge in [0.2, 0.25) is 17.2 Å². The topological polar surface area (TPSA) is 176 Å². The molecule has 11 heteroatoms. The summed E-state index contributed by atoms with van der Waals surface area (Å²) >= 11 is 0. The number of aromatic amines is 1. The van der Waals surface area contributed by atoms with Gasteiger partial charge in [-0.05, 0) is 13.8 Å². The number of nitrogens with zero attached hydrogens (tertiary/aromatic N) is 1. The van der Waals surface area contributed by atoms with Crippen LogP contribution in [0.15, 0.2) is 107 Å². The lowest BCUT2D eigenvalue weighted by Crippen LogP contribution is -2.71. The summed E-state index contributed by atoms with van der Waals surface area (Å²) in [7, 11) is 0. The maximum Gasteiger partial charge on any atom is 0.330 e. The van der Waals surface area contributed by atoms with Crippen LogP contribution in [-0.4, -0.2) is 65.1 Å². The van der Waals surface area contributed by atoms with E-state index in [1.807, 2.05) is 4.98 Å². The number of hydrogen-bond donors (Lipinski definition) is 4. The van der Waals surface area contributed by atoms with E-state index >= 15 is 0 Å². The van der Waals surface area contributed by atoms with Crippen molar-refractivity contribution in [3.8, 4) is 0 Å². The van der Waals surface area contributed by atoms with Crippen molar-refractivity contribution in [1.29, 1.82) is 0 Å². The van der Waals surface area contributed by atoms with Gasteiger partial charge in [-0.3, -0.25) is 28.7 Å². The Morgan fingerprint density at radius 3 is 1.72 bits per heavy atom. The van der Waals surface area contributed by atoms with Crippen LogP contribution in [0.25, 0.3) is 0 Å². The maximum atomic E-state index is 14.3. The smallest absolute Gasteiger partial charge is 0.330 e. The lowest BCUT2D eigenvalue weighted by atomic mass is 9.67. The maximum absolute atomic E-state index is 14.3. The number of H-pyrrole nitrogens is 1. The molecule has 220 valence electrons. The summed E-state index contributed by atoms with van der Waals surface area (Å²) in [6.07, 6.45) is -3.54. The van der Waals surface area contributed by atoms with Crippen LogP contribution in [0.3, 0.4) is 0 Å². The van der Waals surface area contributed by atoms with Crippen LogP contribution in [0.5, 0.6) is 0 Å². The summed E-state index contributed by atoms with van der Waals surface area (Å²) in [5, 5.41) is 36.9. The monoisotopic (exact) mass is 584 g/mol. The molecule has 3 aromatic carbocycles. The van der Waals surface area contributed by atoms with Crippen LogP contribution in [0, 0.1) is 6.92 Å². The van der Waals surface area contributed by atoms with Gasteiger partial charge in [0.1, 0.15) is 6.10 Å². The number of nitrogens with one attached hydrogen (secondary N) is 1. The van der Waals surface area contributed by atoms with Gasteiger partial charge in [0.25, 0.3) is 5.56 Å². The third-order valence-corrected chi connectivity index (χ3v) is 7.75. The Morgan fingerprint density at radius 1 is 0.791 bits per heavy atom. The molecule has 1 aliphatic rings. The number of aliphatic hydroxyl groups is 3. The van der Waals surface area contributed by atoms with Gasteiger partial charge in [0.05, 0.1) is 0 Å². The van der Waals surface area contributed by atoms with E-state index in [1.54, 1.807) is 18.2 Å². The SMILES string of the molecule is Cc1cn([C@@H]2O[C@H]([C@@](C)(O)C(=O)c3ccccc3)[C@](O)(C(=O)c3ccccc3)[C@]2(O)C(=O)c2ccccc2)c(=O)[nH]c1=O. The van der Waals surface area contributed by atoms with Crippen LogP contribution >= 0.6 is 0 Å². The van der Waals surface area contributed by atoms with Gasteiger partial charge in [0.15, 0.2) is 23.2 Å². The number of hydrogen-bond acceptors (Lipinski definition) is 9. The molecule has 43 heavy (non-hydrogen) atoms. The quantitative estimate of drug-likeness (QED) is 0.224. The molecule has 1 fully saturated rings. The van der Waals surface area contributed by atoms with Crippen molar-refractivity contribution in [1.82, 2.24) is 9.55 Å². The van der Waals surface area contributed by atoms with E-state index in [4.69, 9.17) is 4.74 Å². The van der Waals surface area contributed by atoms with E-state index in [1.165, 1.54) is 79.7 Å². The van der Waals surface area contributed by atoms with Crippen molar-refractivity contribution in [3.63, 3.8) is 0 Å². The molecule has 4 aromatic rings. The van der Waals surface area contributed by atoms with Crippen molar-refractivity contribution < 1.29 is 34.4 Å². The van der Waals surface area contributed by atoms with Gasteiger partial charge < -0.3 is 20.1 Å². The Labute approximate surface area is 244 Å². The highest BCUT2D eigenvalue weighted by molar-refractivity contribution is 6.14. The first-order valence-electron chi connectivity index (χ1n) is 13.3. The zero-order valence-electron chi connectivity index (χ0n) is 23.1. The largest absolute Gasteiger partial charge is 0.379 e. The van der Waals surface area contributed by atoms with E-state index in [-0.39, 0.29) is 22.3 Å². The van der Waals surface area contributed by atoms with Crippen LogP contribution in [0.2, 0.25) is 0 Å². The average Bonchev–Trinajstić information content (AvgIpc) is 3.27. The summed E-state index contributed by atoms with van der Waals surface area (Å²) < 4.78 is 6.62. The molecular weight excluding hydrogens is 556 g/mol. The molecule has 5 rings (SSSR count). The third kappa shape index (κ3) is 4.59. The number of Topliss-reactive ketones (excluding diaryl/α,β-unsaturated/α-hetero) is 3. The summed E-state index contributed by atoms with van der Waals surface area (Å²) in [5.74, 6) is -3.51. The highest BCUT2D eigenvalue weighted by Crippen LogP contribution is 2.52. The molecule has 1 saturated heterocycles. The van der Waals surface area contributed by atoms with Crippen molar-refractivity contribution >= 4 is 17.3 Å². The predicted molar refractivity (Wildman–Crippen MR) is 153 cm³/mol. The van der Waals surface area contributed by atoms with Crippen LogP contribution < -0.4 is 11.2 Å². The molecule has 0 radical (unpaired) electrons. The highest BCUT2D eigenvalue weighted by Gasteiger charge is 2.77. The number of carbonyl (C=O) groups is 3. The molecule has 0 unspecified atom stereocenters. The van der Waals surface area contributed by atoms with Crippen LogP contribution in [0.4, 0.5) is 0 Å². The fourth-order valence-corrected chi connectivity index (χ4v) is 5.48. The third-order valence-electron chi connectivity index (χ3n) is 7.75. The first-order chi connectivity index (χ1) is 20.3. The van der Waals surface area contributed by atoms with Crippen molar-refractivity contribution in [2.24, 2.45) is 0 Å². The van der Waals surface area contributed by atoms with E-state index < -0.39 is 57.7 Å². The number of carbonyl (C=O) groups excluding carboxylic acids is 3. The van der Waals surface area contributed by atoms with Crippen LogP contribution in [0.1, 0.15) is 49.8 Å². The van der Waals surface area contributed by atoms with Crippen molar-refractivity contribution in [3.05, 3.63) is 140 Å². The zero-order chi connectivity index (χ0) is 31.2. The standard InChI is InChI=1S/C32H28N2O9/c1-19-18-34(29(39)33-26(19)38)28-32(42,25(37)22-16-10-5-11-17-22)31(41,24(36)21-14-8-4-9-15-21)27(43-28)30(2,40)23(35)20-12-6-3-7-13-20/h3-18,27-28,40-42H,1-2H3,(H,33,38,39)/t27-,28-,30+,31-,32+/m1/s1. The average molecular weight is 585 g/mol. The second-order valence-electron chi connectivity index (χ2n) is 10.6. The Morgan fingerprint density at radius 2 is 1.23 bits per heavy atom. The minimum atomic E-state index is -3.37. The number of aryl methyl sites for hydroxylation is 1. The van der Waals surface area contributed by atoms with Gasteiger partial charge in [-0.2, -0.15) is 0 Å². The fraction of sp³-hybridized carbons (Fsp3) is 0.219. The first-order valence-corrected chi connectivity index (χ1v) is 13.3. The van der Waals surface area contributed by atoms with Crippen molar-refractivity contribution in [2.45, 2.75) is 43.0 Å². The lowest BCUT2D eigenvalue weighted by molar-refractivity contribution is -0.132. The van der Waals surface area contributed by atoms with Gasteiger partial charge in [-0.15, -0.1) is 0 Å². The molecule has 1 aromatic heterocycles.